The van der Waals surface area contributed by atoms with Crippen molar-refractivity contribution < 1.29 is 9.59 Å². The first kappa shape index (κ1) is 13.0. The van der Waals surface area contributed by atoms with Gasteiger partial charge in [0, 0.05) is 18.1 Å². The van der Waals surface area contributed by atoms with E-state index >= 15 is 0 Å². The van der Waals surface area contributed by atoms with E-state index in [2.05, 4.69) is 15.6 Å². The Bertz CT molecular complexity index is 602. The van der Waals surface area contributed by atoms with E-state index in [1.807, 2.05) is 6.07 Å². The van der Waals surface area contributed by atoms with E-state index in [4.69, 9.17) is 11.6 Å². The predicted octanol–water partition coefficient (Wildman–Crippen LogP) is 2.70. The van der Waals surface area contributed by atoms with Crippen molar-refractivity contribution >= 4 is 29.2 Å². The number of rotatable bonds is 2. The second-order valence-corrected chi connectivity index (χ2v) is 4.10. The van der Waals surface area contributed by atoms with Crippen molar-refractivity contribution in [2.75, 3.05) is 5.32 Å². The molecule has 6 heteroatoms. The molecule has 1 aromatic heterocycles. The van der Waals surface area contributed by atoms with E-state index < -0.39 is 11.9 Å². The van der Waals surface area contributed by atoms with E-state index in [1.54, 1.807) is 24.3 Å². The molecule has 0 aliphatic carbocycles. The van der Waals surface area contributed by atoms with Crippen molar-refractivity contribution in [3.8, 4) is 0 Å². The molecule has 0 aliphatic heterocycles. The number of hydrogen-bond donors (Lipinski definition) is 2. The van der Waals surface area contributed by atoms with Crippen LogP contribution in [0.15, 0.2) is 48.8 Å². The van der Waals surface area contributed by atoms with Crippen LogP contribution in [0.2, 0.25) is 5.02 Å². The number of nitrogens with zero attached hydrogens (tertiary/aromatic N) is 1. The van der Waals surface area contributed by atoms with Crippen LogP contribution in [0.4, 0.5) is 10.5 Å². The van der Waals surface area contributed by atoms with E-state index in [0.29, 0.717) is 10.7 Å². The highest BCUT2D eigenvalue weighted by Gasteiger charge is 2.10. The lowest BCUT2D eigenvalue weighted by Gasteiger charge is -2.06. The molecular formula is C13H10ClN3O2. The quantitative estimate of drug-likeness (QED) is 0.885. The summed E-state index contributed by atoms with van der Waals surface area (Å²) in [5.74, 6) is -0.566. The molecule has 3 amide bonds. The van der Waals surface area contributed by atoms with Gasteiger partial charge in [0.25, 0.3) is 5.91 Å². The van der Waals surface area contributed by atoms with Gasteiger partial charge in [-0.15, -0.1) is 0 Å². The minimum Gasteiger partial charge on any atom is -0.308 e. The largest absolute Gasteiger partial charge is 0.326 e. The Morgan fingerprint density at radius 1 is 1.11 bits per heavy atom. The lowest BCUT2D eigenvalue weighted by atomic mass is 10.3. The fraction of sp³-hybridized carbons (Fsp3) is 0. The van der Waals surface area contributed by atoms with Gasteiger partial charge in [-0.2, -0.15) is 0 Å². The van der Waals surface area contributed by atoms with E-state index in [1.165, 1.54) is 18.5 Å². The smallest absolute Gasteiger partial charge is 0.308 e. The maximum atomic E-state index is 11.7. The molecule has 5 nitrogen and oxygen atoms in total. The van der Waals surface area contributed by atoms with Gasteiger partial charge in [-0.05, 0) is 18.2 Å². The van der Waals surface area contributed by atoms with Crippen LogP contribution in [-0.4, -0.2) is 16.9 Å². The first-order chi connectivity index (χ1) is 9.15. The number of pyridine rings is 1. The number of para-hydroxylation sites is 1. The first-order valence-electron chi connectivity index (χ1n) is 5.43. The van der Waals surface area contributed by atoms with Crippen LogP contribution in [-0.2, 0) is 0 Å². The minimum atomic E-state index is -0.615. The molecule has 0 atom stereocenters. The topological polar surface area (TPSA) is 71.1 Å². The zero-order chi connectivity index (χ0) is 13.7. The van der Waals surface area contributed by atoms with Gasteiger partial charge in [0.2, 0.25) is 0 Å². The van der Waals surface area contributed by atoms with Gasteiger partial charge in [0.15, 0.2) is 0 Å². The monoisotopic (exact) mass is 275 g/mol. The zero-order valence-corrected chi connectivity index (χ0v) is 10.5. The molecule has 0 saturated heterocycles. The Morgan fingerprint density at radius 3 is 2.53 bits per heavy atom. The average Bonchev–Trinajstić information content (AvgIpc) is 2.39. The summed E-state index contributed by atoms with van der Waals surface area (Å²) in [6.07, 6.45) is 2.74. The summed E-state index contributed by atoms with van der Waals surface area (Å²) in [5.41, 5.74) is 0.813. The Labute approximate surface area is 114 Å². The van der Waals surface area contributed by atoms with E-state index in [-0.39, 0.29) is 5.56 Å². The second kappa shape index (κ2) is 5.97. The lowest BCUT2D eigenvalue weighted by Crippen LogP contribution is -2.34. The fourth-order valence-electron chi connectivity index (χ4n) is 1.40. The number of carbonyl (C=O) groups is 2. The summed E-state index contributed by atoms with van der Waals surface area (Å²) in [7, 11) is 0. The maximum absolute atomic E-state index is 11.7. The summed E-state index contributed by atoms with van der Waals surface area (Å²) in [6.45, 7) is 0. The number of imide groups is 1. The van der Waals surface area contributed by atoms with Gasteiger partial charge >= 0.3 is 6.03 Å². The molecule has 1 aromatic carbocycles. The van der Waals surface area contributed by atoms with Crippen molar-refractivity contribution in [3.63, 3.8) is 0 Å². The van der Waals surface area contributed by atoms with Crippen molar-refractivity contribution in [2.24, 2.45) is 0 Å². The van der Waals surface area contributed by atoms with Crippen molar-refractivity contribution in [1.82, 2.24) is 10.3 Å². The Hall–Kier alpha value is -2.40. The maximum Gasteiger partial charge on any atom is 0.326 e. The number of hydrogen-bond acceptors (Lipinski definition) is 3. The third-order valence-electron chi connectivity index (χ3n) is 2.23. The van der Waals surface area contributed by atoms with Crippen LogP contribution in [0, 0.1) is 0 Å². The molecule has 0 spiro atoms. The Kier molecular flexibility index (Phi) is 4.10. The molecule has 2 rings (SSSR count). The van der Waals surface area contributed by atoms with Crippen LogP contribution in [0.1, 0.15) is 10.4 Å². The highest BCUT2D eigenvalue weighted by atomic mass is 35.5. The molecule has 0 radical (unpaired) electrons. The van der Waals surface area contributed by atoms with Gasteiger partial charge in [0.1, 0.15) is 0 Å². The number of aromatic nitrogens is 1. The number of amides is 3. The average molecular weight is 276 g/mol. The standard InChI is InChI=1S/C13H10ClN3O2/c14-10-6-9(7-15-8-10)12(18)17-13(19)16-11-4-2-1-3-5-11/h1-8H,(H2,16,17,18,19). The van der Waals surface area contributed by atoms with Gasteiger partial charge < -0.3 is 5.32 Å². The number of anilines is 1. The Balaban J connectivity index is 1.98. The summed E-state index contributed by atoms with van der Waals surface area (Å²) >= 11 is 5.71. The normalized spacial score (nSPS) is 9.74. The number of benzene rings is 1. The fourth-order valence-corrected chi connectivity index (χ4v) is 1.57. The number of carbonyl (C=O) groups excluding carboxylic acids is 2. The number of halogens is 1. The molecule has 2 N–H and O–H groups in total. The molecule has 0 fully saturated rings. The molecule has 19 heavy (non-hydrogen) atoms. The SMILES string of the molecule is O=C(NC(=O)c1cncc(Cl)c1)Nc1ccccc1. The van der Waals surface area contributed by atoms with Crippen molar-refractivity contribution in [2.45, 2.75) is 0 Å². The second-order valence-electron chi connectivity index (χ2n) is 3.67. The highest BCUT2D eigenvalue weighted by Crippen LogP contribution is 2.08. The summed E-state index contributed by atoms with van der Waals surface area (Å²) in [5, 5.41) is 5.05. The van der Waals surface area contributed by atoms with Gasteiger partial charge in [0.05, 0.1) is 10.6 Å². The summed E-state index contributed by atoms with van der Waals surface area (Å²) < 4.78 is 0. The van der Waals surface area contributed by atoms with Crippen LogP contribution in [0.3, 0.4) is 0 Å². The van der Waals surface area contributed by atoms with E-state index in [0.717, 1.165) is 0 Å². The highest BCUT2D eigenvalue weighted by molar-refractivity contribution is 6.30. The third kappa shape index (κ3) is 3.79. The first-order valence-corrected chi connectivity index (χ1v) is 5.81. The van der Waals surface area contributed by atoms with Gasteiger partial charge in [-0.3, -0.25) is 15.1 Å². The molecule has 1 heterocycles. The van der Waals surface area contributed by atoms with Crippen LogP contribution < -0.4 is 10.6 Å². The molecule has 96 valence electrons. The summed E-state index contributed by atoms with van der Waals surface area (Å²) in [4.78, 5) is 27.1. The van der Waals surface area contributed by atoms with Gasteiger partial charge in [-0.1, -0.05) is 29.8 Å². The van der Waals surface area contributed by atoms with E-state index in [9.17, 15) is 9.59 Å². The molecule has 0 bridgehead atoms. The summed E-state index contributed by atoms with van der Waals surface area (Å²) in [6, 6.07) is 9.62. The number of nitrogens with one attached hydrogen (secondary N) is 2. The third-order valence-corrected chi connectivity index (χ3v) is 2.43. The van der Waals surface area contributed by atoms with Gasteiger partial charge in [-0.25, -0.2) is 4.79 Å². The minimum absolute atomic E-state index is 0.218. The molecular weight excluding hydrogens is 266 g/mol. The predicted molar refractivity (Wildman–Crippen MR) is 72.2 cm³/mol. The van der Waals surface area contributed by atoms with Crippen LogP contribution in [0.5, 0.6) is 0 Å². The molecule has 0 unspecified atom stereocenters. The van der Waals surface area contributed by atoms with Crippen LogP contribution >= 0.6 is 11.6 Å². The van der Waals surface area contributed by atoms with Crippen molar-refractivity contribution in [1.29, 1.82) is 0 Å². The Morgan fingerprint density at radius 2 is 1.84 bits per heavy atom. The van der Waals surface area contributed by atoms with Crippen molar-refractivity contribution in [3.05, 3.63) is 59.4 Å². The molecule has 0 saturated carbocycles. The lowest BCUT2D eigenvalue weighted by molar-refractivity contribution is 0.0967. The number of urea groups is 1. The van der Waals surface area contributed by atoms with Crippen LogP contribution in [0.25, 0.3) is 0 Å². The molecule has 2 aromatic rings. The molecule has 0 aliphatic rings. The zero-order valence-electron chi connectivity index (χ0n) is 9.76.